The van der Waals surface area contributed by atoms with Gasteiger partial charge in [-0.1, -0.05) is 139 Å². The average molecular weight is 902 g/mol. The molecule has 0 amide bonds. The summed E-state index contributed by atoms with van der Waals surface area (Å²) in [6, 6.07) is 61.3. The Morgan fingerprint density at radius 2 is 0.946 bits per heavy atom. The minimum atomic E-state index is 0. The Labute approximate surface area is 344 Å². The molecule has 0 aliphatic carbocycles. The quantitative estimate of drug-likeness (QED) is 0.157. The molecule has 9 aromatic rings. The molecule has 0 fully saturated rings. The summed E-state index contributed by atoms with van der Waals surface area (Å²) in [4.78, 5) is 5.00. The zero-order valence-electron chi connectivity index (χ0n) is 32.8. The zero-order valence-corrected chi connectivity index (χ0v) is 35.2. The predicted octanol–water partition coefficient (Wildman–Crippen LogP) is 14.4. The molecule has 277 valence electrons. The van der Waals surface area contributed by atoms with Gasteiger partial charge in [0.05, 0.1) is 16.7 Å². The molecule has 3 heteroatoms. The van der Waals surface area contributed by atoms with Gasteiger partial charge in [-0.15, -0.1) is 35.4 Å². The Kier molecular flexibility index (Phi) is 9.65. The van der Waals surface area contributed by atoms with Crippen LogP contribution in [0.3, 0.4) is 0 Å². The number of hydrogen-bond donors (Lipinski definition) is 0. The second kappa shape index (κ2) is 14.5. The van der Waals surface area contributed by atoms with E-state index in [1.54, 1.807) is 0 Å². The van der Waals surface area contributed by atoms with Crippen molar-refractivity contribution in [2.45, 2.75) is 52.4 Å². The molecule has 1 radical (unpaired) electrons. The molecule has 0 atom stereocenters. The van der Waals surface area contributed by atoms with Gasteiger partial charge < -0.3 is 9.55 Å². The molecule has 0 saturated heterocycles. The van der Waals surface area contributed by atoms with Gasteiger partial charge >= 0.3 is 0 Å². The van der Waals surface area contributed by atoms with Crippen molar-refractivity contribution in [2.75, 3.05) is 0 Å². The van der Waals surface area contributed by atoms with Crippen LogP contribution in [0, 0.1) is 6.07 Å². The van der Waals surface area contributed by atoms with Crippen molar-refractivity contribution < 1.29 is 20.1 Å². The van der Waals surface area contributed by atoms with Crippen LogP contribution in [-0.2, 0) is 30.9 Å². The van der Waals surface area contributed by atoms with Crippen molar-refractivity contribution in [3.05, 3.63) is 181 Å². The van der Waals surface area contributed by atoms with Gasteiger partial charge in [0, 0.05) is 42.5 Å². The Morgan fingerprint density at radius 1 is 0.446 bits per heavy atom. The number of nitrogens with zero attached hydrogens (tertiary/aromatic N) is 2. The smallest absolute Gasteiger partial charge is 0.0541 e. The van der Waals surface area contributed by atoms with Gasteiger partial charge in [-0.2, -0.15) is 0 Å². The van der Waals surface area contributed by atoms with E-state index in [0.717, 1.165) is 38.8 Å². The fourth-order valence-electron chi connectivity index (χ4n) is 8.02. The normalized spacial score (nSPS) is 12.0. The monoisotopic (exact) mass is 902 g/mol. The molecule has 0 saturated carbocycles. The molecular formula is C53H45IrN2-. The Bertz CT molecular complexity index is 2740. The summed E-state index contributed by atoms with van der Waals surface area (Å²) in [6.45, 7) is 13.6. The largest absolute Gasteiger partial charge is 0.309 e. The van der Waals surface area contributed by atoms with Crippen LogP contribution >= 0.6 is 0 Å². The van der Waals surface area contributed by atoms with Gasteiger partial charge in [0.25, 0.3) is 0 Å². The molecular weight excluding hydrogens is 857 g/mol. The SMILES string of the molecule is CC(C)(C)c1ccc(-c2cc(-c3ccc(C(C)(C)C)cc3)cc(-c3cc[c-]c(-c4nccc5c(-n6c7ccccc7c7ccccc76)cccc45)c3)c2)cc1.[Ir]. The number of para-hydroxylation sites is 2. The maximum Gasteiger partial charge on any atom is 0.0541 e. The predicted molar refractivity (Wildman–Crippen MR) is 234 cm³/mol. The standard InChI is InChI=1S/C53H45N2.Ir/c1-52(2,3)42-25-21-35(22-26-42)39-32-40(36-23-27-43(28-24-36)53(4,5)6)34-41(33-39)37-13-11-14-38(31-37)51-47-17-12-20-50(46(47)29-30-54-51)55-48-18-9-7-15-44(48)45-16-8-10-19-49(45)55;/h7-13,15-34H,1-6H3;/q-1;. The van der Waals surface area contributed by atoms with Crippen LogP contribution in [0.4, 0.5) is 0 Å². The average Bonchev–Trinajstić information content (AvgIpc) is 3.54. The molecule has 2 nitrogen and oxygen atoms in total. The molecule has 0 aliphatic rings. The van der Waals surface area contributed by atoms with Gasteiger partial charge in [-0.25, -0.2) is 0 Å². The van der Waals surface area contributed by atoms with E-state index in [2.05, 4.69) is 204 Å². The molecule has 0 unspecified atom stereocenters. The van der Waals surface area contributed by atoms with Crippen molar-refractivity contribution in [3.63, 3.8) is 0 Å². The number of rotatable bonds is 5. The van der Waals surface area contributed by atoms with Gasteiger partial charge in [-0.05, 0) is 103 Å². The summed E-state index contributed by atoms with van der Waals surface area (Å²) >= 11 is 0. The topological polar surface area (TPSA) is 17.8 Å². The maximum absolute atomic E-state index is 5.00. The summed E-state index contributed by atoms with van der Waals surface area (Å²) in [5, 5.41) is 4.76. The first-order valence-corrected chi connectivity index (χ1v) is 19.3. The summed E-state index contributed by atoms with van der Waals surface area (Å²) in [5.74, 6) is 0. The number of aromatic nitrogens is 2. The van der Waals surface area contributed by atoms with Crippen LogP contribution in [-0.4, -0.2) is 9.55 Å². The summed E-state index contributed by atoms with van der Waals surface area (Å²) < 4.78 is 2.39. The number of fused-ring (bicyclic) bond motifs is 4. The number of pyridine rings is 1. The summed E-state index contributed by atoms with van der Waals surface area (Å²) in [7, 11) is 0. The Balaban J connectivity index is 0.00000441. The Hall–Kier alpha value is -5.60. The molecule has 0 aliphatic heterocycles. The fraction of sp³-hybridized carbons (Fsp3) is 0.151. The van der Waals surface area contributed by atoms with Gasteiger partial charge in [0.15, 0.2) is 0 Å². The van der Waals surface area contributed by atoms with Crippen LogP contribution < -0.4 is 0 Å². The third-order valence-electron chi connectivity index (χ3n) is 11.1. The first-order valence-electron chi connectivity index (χ1n) is 19.3. The molecule has 7 aromatic carbocycles. The van der Waals surface area contributed by atoms with E-state index in [4.69, 9.17) is 4.98 Å². The third kappa shape index (κ3) is 6.81. The van der Waals surface area contributed by atoms with Gasteiger partial charge in [-0.3, -0.25) is 0 Å². The molecule has 56 heavy (non-hydrogen) atoms. The van der Waals surface area contributed by atoms with E-state index in [1.165, 1.54) is 55.2 Å². The van der Waals surface area contributed by atoms with Crippen molar-refractivity contribution in [1.82, 2.24) is 9.55 Å². The molecule has 2 aromatic heterocycles. The molecule has 9 rings (SSSR count). The van der Waals surface area contributed by atoms with E-state index in [-0.39, 0.29) is 30.9 Å². The van der Waals surface area contributed by atoms with E-state index in [1.807, 2.05) is 12.3 Å². The van der Waals surface area contributed by atoms with Crippen molar-refractivity contribution in [2.24, 2.45) is 0 Å². The van der Waals surface area contributed by atoms with Crippen LogP contribution in [0.15, 0.2) is 164 Å². The molecule has 0 spiro atoms. The molecule has 0 bridgehead atoms. The zero-order chi connectivity index (χ0) is 37.9. The van der Waals surface area contributed by atoms with E-state index >= 15 is 0 Å². The van der Waals surface area contributed by atoms with Crippen LogP contribution in [0.25, 0.3) is 82.9 Å². The Morgan fingerprint density at radius 3 is 1.48 bits per heavy atom. The van der Waals surface area contributed by atoms with Crippen molar-refractivity contribution in [1.29, 1.82) is 0 Å². The first-order chi connectivity index (χ1) is 26.5. The van der Waals surface area contributed by atoms with Crippen LogP contribution in [0.2, 0.25) is 0 Å². The molecule has 2 heterocycles. The van der Waals surface area contributed by atoms with Crippen molar-refractivity contribution in [3.8, 4) is 50.3 Å². The first kappa shape index (κ1) is 37.3. The summed E-state index contributed by atoms with van der Waals surface area (Å²) in [5.41, 5.74) is 15.4. The van der Waals surface area contributed by atoms with E-state index in [0.29, 0.717) is 0 Å². The summed E-state index contributed by atoms with van der Waals surface area (Å²) in [6.07, 6.45) is 1.94. The fourth-order valence-corrected chi connectivity index (χ4v) is 8.02. The van der Waals surface area contributed by atoms with E-state index < -0.39 is 0 Å². The molecule has 0 N–H and O–H groups in total. The van der Waals surface area contributed by atoms with Crippen LogP contribution in [0.5, 0.6) is 0 Å². The van der Waals surface area contributed by atoms with Crippen molar-refractivity contribution >= 4 is 32.6 Å². The van der Waals surface area contributed by atoms with Gasteiger partial charge in [0.2, 0.25) is 0 Å². The second-order valence-electron chi connectivity index (χ2n) is 16.8. The number of hydrogen-bond acceptors (Lipinski definition) is 1. The second-order valence-corrected chi connectivity index (χ2v) is 16.8. The third-order valence-corrected chi connectivity index (χ3v) is 11.1. The van der Waals surface area contributed by atoms with Crippen LogP contribution in [0.1, 0.15) is 52.7 Å². The number of benzene rings is 7. The maximum atomic E-state index is 5.00. The minimum absolute atomic E-state index is 0. The minimum Gasteiger partial charge on any atom is -0.309 e. The van der Waals surface area contributed by atoms with Gasteiger partial charge in [0.1, 0.15) is 0 Å². The van der Waals surface area contributed by atoms with E-state index in [9.17, 15) is 0 Å².